The molecule has 0 radical (unpaired) electrons. The molecule has 2 atom stereocenters. The van der Waals surface area contributed by atoms with Crippen LogP contribution in [0.2, 0.25) is 0 Å². The van der Waals surface area contributed by atoms with Crippen LogP contribution in [-0.4, -0.2) is 9.81 Å². The molecule has 0 N–H and O–H groups in total. The van der Waals surface area contributed by atoms with Crippen LogP contribution in [0.1, 0.15) is 38.8 Å². The van der Waals surface area contributed by atoms with E-state index in [1.807, 2.05) is 0 Å². The smallest absolute Gasteiger partial charge is 0.0705 e. The lowest BCUT2D eigenvalue weighted by Crippen LogP contribution is -2.14. The molecule has 2 aromatic rings. The van der Waals surface area contributed by atoms with Crippen LogP contribution in [0.25, 0.3) is 10.9 Å². The molecular weight excluding hydrogens is 298 g/mol. The van der Waals surface area contributed by atoms with Crippen LogP contribution in [0, 0.1) is 5.92 Å². The maximum atomic E-state index is 4.75. The van der Waals surface area contributed by atoms with Gasteiger partial charge in [-0.3, -0.25) is 4.98 Å². The van der Waals surface area contributed by atoms with Gasteiger partial charge >= 0.3 is 0 Å². The first kappa shape index (κ1) is 14.5. The summed E-state index contributed by atoms with van der Waals surface area (Å²) in [6.45, 7) is 4.58. The van der Waals surface area contributed by atoms with Crippen LogP contribution < -0.4 is 0 Å². The SMILES string of the molecule is CCCCC(C)C(Br)Cc1ccc2ccccc2n1. The molecule has 0 amide bonds. The van der Waals surface area contributed by atoms with E-state index in [-0.39, 0.29) is 0 Å². The van der Waals surface area contributed by atoms with E-state index >= 15 is 0 Å². The summed E-state index contributed by atoms with van der Waals surface area (Å²) in [5.74, 6) is 0.702. The van der Waals surface area contributed by atoms with Crippen molar-refractivity contribution in [2.24, 2.45) is 5.92 Å². The van der Waals surface area contributed by atoms with Gasteiger partial charge in [0.2, 0.25) is 0 Å². The maximum Gasteiger partial charge on any atom is 0.0705 e. The van der Waals surface area contributed by atoms with Gasteiger partial charge in [-0.1, -0.05) is 66.9 Å². The zero-order valence-electron chi connectivity index (χ0n) is 11.8. The third kappa shape index (κ3) is 4.04. The van der Waals surface area contributed by atoms with Gasteiger partial charge in [0, 0.05) is 22.3 Å². The number of alkyl halides is 1. The normalized spacial score (nSPS) is 14.5. The molecule has 1 heterocycles. The Hall–Kier alpha value is -0.890. The zero-order chi connectivity index (χ0) is 13.7. The average Bonchev–Trinajstić information content (AvgIpc) is 2.44. The van der Waals surface area contributed by atoms with Gasteiger partial charge in [0.05, 0.1) is 5.52 Å². The monoisotopic (exact) mass is 319 g/mol. The summed E-state index contributed by atoms with van der Waals surface area (Å²) >= 11 is 3.83. The van der Waals surface area contributed by atoms with Gasteiger partial charge in [-0.2, -0.15) is 0 Å². The molecule has 0 aliphatic carbocycles. The Morgan fingerprint density at radius 1 is 1.16 bits per heavy atom. The van der Waals surface area contributed by atoms with Gasteiger partial charge in [0.15, 0.2) is 0 Å². The van der Waals surface area contributed by atoms with Crippen molar-refractivity contribution in [3.8, 4) is 0 Å². The van der Waals surface area contributed by atoms with Gasteiger partial charge in [0.25, 0.3) is 0 Å². The Labute approximate surface area is 124 Å². The molecule has 19 heavy (non-hydrogen) atoms. The van der Waals surface area contributed by atoms with E-state index in [1.54, 1.807) is 0 Å². The fourth-order valence-electron chi connectivity index (χ4n) is 2.33. The Kier molecular flexibility index (Phi) is 5.38. The molecule has 0 fully saturated rings. The molecule has 1 aromatic heterocycles. The fraction of sp³-hybridized carbons (Fsp3) is 0.471. The van der Waals surface area contributed by atoms with Crippen molar-refractivity contribution < 1.29 is 0 Å². The van der Waals surface area contributed by atoms with E-state index in [2.05, 4.69) is 66.2 Å². The maximum absolute atomic E-state index is 4.75. The largest absolute Gasteiger partial charge is 0.253 e. The van der Waals surface area contributed by atoms with Crippen molar-refractivity contribution in [2.75, 3.05) is 0 Å². The second-order valence-electron chi connectivity index (χ2n) is 5.33. The minimum Gasteiger partial charge on any atom is -0.253 e. The summed E-state index contributed by atoms with van der Waals surface area (Å²) in [5.41, 5.74) is 2.28. The van der Waals surface area contributed by atoms with Crippen LogP contribution in [0.4, 0.5) is 0 Å². The molecule has 2 unspecified atom stereocenters. The van der Waals surface area contributed by atoms with E-state index in [0.29, 0.717) is 10.7 Å². The Morgan fingerprint density at radius 3 is 2.74 bits per heavy atom. The number of benzene rings is 1. The summed E-state index contributed by atoms with van der Waals surface area (Å²) < 4.78 is 0. The van der Waals surface area contributed by atoms with Crippen LogP contribution in [0.3, 0.4) is 0 Å². The average molecular weight is 320 g/mol. The van der Waals surface area contributed by atoms with E-state index in [0.717, 1.165) is 11.9 Å². The van der Waals surface area contributed by atoms with Crippen molar-refractivity contribution >= 4 is 26.8 Å². The number of aromatic nitrogens is 1. The quantitative estimate of drug-likeness (QED) is 0.652. The minimum atomic E-state index is 0.521. The van der Waals surface area contributed by atoms with Crippen molar-refractivity contribution in [3.05, 3.63) is 42.1 Å². The number of pyridine rings is 1. The number of hydrogen-bond acceptors (Lipinski definition) is 1. The highest BCUT2D eigenvalue weighted by atomic mass is 79.9. The predicted molar refractivity (Wildman–Crippen MR) is 86.9 cm³/mol. The molecule has 0 bridgehead atoms. The first-order chi connectivity index (χ1) is 9.20. The molecule has 0 aliphatic heterocycles. The van der Waals surface area contributed by atoms with Crippen LogP contribution >= 0.6 is 15.9 Å². The van der Waals surface area contributed by atoms with E-state index in [1.165, 1.54) is 30.3 Å². The highest BCUT2D eigenvalue weighted by Crippen LogP contribution is 2.23. The molecule has 2 rings (SSSR count). The van der Waals surface area contributed by atoms with Gasteiger partial charge < -0.3 is 0 Å². The number of nitrogens with zero attached hydrogens (tertiary/aromatic N) is 1. The van der Waals surface area contributed by atoms with Crippen molar-refractivity contribution in [1.29, 1.82) is 0 Å². The minimum absolute atomic E-state index is 0.521. The number of fused-ring (bicyclic) bond motifs is 1. The lowest BCUT2D eigenvalue weighted by Gasteiger charge is -2.17. The zero-order valence-corrected chi connectivity index (χ0v) is 13.4. The molecule has 0 saturated carbocycles. The number of halogens is 1. The Balaban J connectivity index is 2.04. The molecule has 0 aliphatic rings. The predicted octanol–water partition coefficient (Wildman–Crippen LogP) is 5.37. The summed E-state index contributed by atoms with van der Waals surface area (Å²) in [4.78, 5) is 5.27. The second kappa shape index (κ2) is 7.04. The second-order valence-corrected chi connectivity index (χ2v) is 6.51. The van der Waals surface area contributed by atoms with E-state index in [4.69, 9.17) is 4.98 Å². The summed E-state index contributed by atoms with van der Waals surface area (Å²) in [7, 11) is 0. The summed E-state index contributed by atoms with van der Waals surface area (Å²) in [6.07, 6.45) is 4.89. The Bertz CT molecular complexity index is 523. The van der Waals surface area contributed by atoms with Crippen LogP contribution in [-0.2, 0) is 6.42 Å². The molecule has 0 spiro atoms. The van der Waals surface area contributed by atoms with Gasteiger partial charge in [-0.25, -0.2) is 0 Å². The summed E-state index contributed by atoms with van der Waals surface area (Å²) in [5, 5.41) is 1.22. The molecule has 1 nitrogen and oxygen atoms in total. The fourth-order valence-corrected chi connectivity index (χ4v) is 2.93. The first-order valence-electron chi connectivity index (χ1n) is 7.19. The van der Waals surface area contributed by atoms with Crippen molar-refractivity contribution in [3.63, 3.8) is 0 Å². The summed E-state index contributed by atoms with van der Waals surface area (Å²) in [6, 6.07) is 12.6. The van der Waals surface area contributed by atoms with E-state index in [9.17, 15) is 0 Å². The lowest BCUT2D eigenvalue weighted by molar-refractivity contribution is 0.487. The van der Waals surface area contributed by atoms with Crippen LogP contribution in [0.15, 0.2) is 36.4 Å². The van der Waals surface area contributed by atoms with Gasteiger partial charge in [-0.05, 0) is 24.5 Å². The number of rotatable bonds is 6. The molecule has 2 heteroatoms. The molecule has 1 aromatic carbocycles. The topological polar surface area (TPSA) is 12.9 Å². The molecule has 102 valence electrons. The van der Waals surface area contributed by atoms with Crippen LogP contribution in [0.5, 0.6) is 0 Å². The van der Waals surface area contributed by atoms with Crippen molar-refractivity contribution in [1.82, 2.24) is 4.98 Å². The lowest BCUT2D eigenvalue weighted by atomic mass is 9.97. The van der Waals surface area contributed by atoms with E-state index < -0.39 is 0 Å². The van der Waals surface area contributed by atoms with Gasteiger partial charge in [0.1, 0.15) is 0 Å². The highest BCUT2D eigenvalue weighted by molar-refractivity contribution is 9.09. The Morgan fingerprint density at radius 2 is 1.95 bits per heavy atom. The van der Waals surface area contributed by atoms with Crippen molar-refractivity contribution in [2.45, 2.75) is 44.4 Å². The third-order valence-electron chi connectivity index (χ3n) is 3.69. The first-order valence-corrected chi connectivity index (χ1v) is 8.11. The standard InChI is InChI=1S/C17H22BrN/c1-3-4-7-13(2)16(18)12-15-11-10-14-8-5-6-9-17(14)19-15/h5-6,8-11,13,16H,3-4,7,12H2,1-2H3. The number of para-hydroxylation sites is 1. The number of unbranched alkanes of at least 4 members (excludes halogenated alkanes) is 1. The molecular formula is C17H22BrN. The highest BCUT2D eigenvalue weighted by Gasteiger charge is 2.14. The molecule has 0 saturated heterocycles. The number of hydrogen-bond donors (Lipinski definition) is 0. The van der Waals surface area contributed by atoms with Gasteiger partial charge in [-0.15, -0.1) is 0 Å². The third-order valence-corrected chi connectivity index (χ3v) is 4.92.